The first kappa shape index (κ1) is 8.29. The van der Waals surface area contributed by atoms with Gasteiger partial charge in [-0.1, -0.05) is 0 Å². The van der Waals surface area contributed by atoms with Crippen LogP contribution >= 0.6 is 0 Å². The number of fused-ring (bicyclic) bond motifs is 1. The maximum atomic E-state index is 11.5. The van der Waals surface area contributed by atoms with Gasteiger partial charge in [0.05, 0.1) is 6.20 Å². The molecule has 0 saturated carbocycles. The first-order valence-electron chi connectivity index (χ1n) is 4.57. The predicted molar refractivity (Wildman–Crippen MR) is 49.5 cm³/mol. The van der Waals surface area contributed by atoms with Crippen LogP contribution in [0, 0.1) is 0 Å². The topological polar surface area (TPSA) is 38.1 Å². The van der Waals surface area contributed by atoms with E-state index >= 15 is 0 Å². The second-order valence-electron chi connectivity index (χ2n) is 3.32. The van der Waals surface area contributed by atoms with Crippen molar-refractivity contribution in [3.8, 4) is 0 Å². The molecule has 0 N–H and O–H groups in total. The zero-order chi connectivity index (χ0) is 9.26. The van der Waals surface area contributed by atoms with E-state index in [0.29, 0.717) is 6.42 Å². The fourth-order valence-corrected chi connectivity index (χ4v) is 1.62. The Morgan fingerprint density at radius 1 is 1.46 bits per heavy atom. The number of aryl methyl sites for hydroxylation is 1. The van der Waals surface area contributed by atoms with Crippen molar-refractivity contribution in [2.24, 2.45) is 0 Å². The van der Waals surface area contributed by atoms with E-state index in [4.69, 9.17) is 0 Å². The van der Waals surface area contributed by atoms with E-state index in [1.54, 1.807) is 18.1 Å². The molecule has 0 unspecified atom stereocenters. The van der Waals surface area contributed by atoms with Crippen LogP contribution < -0.4 is 4.90 Å². The number of amides is 1. The minimum absolute atomic E-state index is 0.182. The molecule has 0 bridgehead atoms. The number of hydrogen-bond acceptors (Lipinski definition) is 2. The number of anilines is 1. The van der Waals surface area contributed by atoms with Gasteiger partial charge in [-0.25, -0.2) is 4.68 Å². The SMILES string of the molecule is CN1C(=O)CCCCn2nccc21. The van der Waals surface area contributed by atoms with Crippen LogP contribution in [0.25, 0.3) is 0 Å². The van der Waals surface area contributed by atoms with Gasteiger partial charge in [0, 0.05) is 26.1 Å². The zero-order valence-electron chi connectivity index (χ0n) is 7.73. The highest BCUT2D eigenvalue weighted by Crippen LogP contribution is 2.17. The summed E-state index contributed by atoms with van der Waals surface area (Å²) in [5, 5.41) is 4.17. The van der Waals surface area contributed by atoms with Crippen LogP contribution in [-0.4, -0.2) is 22.7 Å². The van der Waals surface area contributed by atoms with E-state index in [1.165, 1.54) is 0 Å². The molecule has 13 heavy (non-hydrogen) atoms. The summed E-state index contributed by atoms with van der Waals surface area (Å²) < 4.78 is 1.89. The highest BCUT2D eigenvalue weighted by atomic mass is 16.2. The largest absolute Gasteiger partial charge is 0.300 e. The molecule has 2 rings (SSSR count). The smallest absolute Gasteiger partial charge is 0.227 e. The molecule has 1 aliphatic heterocycles. The Hall–Kier alpha value is -1.32. The Kier molecular flexibility index (Phi) is 2.04. The third-order valence-electron chi connectivity index (χ3n) is 2.42. The van der Waals surface area contributed by atoms with Crippen LogP contribution in [0.4, 0.5) is 5.82 Å². The number of aromatic nitrogens is 2. The molecule has 1 aromatic rings. The van der Waals surface area contributed by atoms with Crippen molar-refractivity contribution in [1.29, 1.82) is 0 Å². The van der Waals surface area contributed by atoms with E-state index in [2.05, 4.69) is 5.10 Å². The number of rotatable bonds is 0. The number of carbonyl (C=O) groups excluding carboxylic acids is 1. The molecule has 4 nitrogen and oxygen atoms in total. The van der Waals surface area contributed by atoms with Gasteiger partial charge in [0.2, 0.25) is 5.91 Å². The highest BCUT2D eigenvalue weighted by molar-refractivity contribution is 5.91. The summed E-state index contributed by atoms with van der Waals surface area (Å²) in [5.74, 6) is 1.09. The normalized spacial score (nSPS) is 17.9. The molecule has 0 saturated heterocycles. The van der Waals surface area contributed by atoms with Gasteiger partial charge < -0.3 is 4.90 Å². The second kappa shape index (κ2) is 3.20. The van der Waals surface area contributed by atoms with Crippen molar-refractivity contribution in [2.45, 2.75) is 25.8 Å². The van der Waals surface area contributed by atoms with Crippen molar-refractivity contribution in [3.05, 3.63) is 12.3 Å². The molecular weight excluding hydrogens is 166 g/mol. The molecule has 0 radical (unpaired) electrons. The molecule has 70 valence electrons. The zero-order valence-corrected chi connectivity index (χ0v) is 7.73. The quantitative estimate of drug-likeness (QED) is 0.596. The Morgan fingerprint density at radius 2 is 2.31 bits per heavy atom. The molecule has 1 aliphatic rings. The summed E-state index contributed by atoms with van der Waals surface area (Å²) >= 11 is 0. The number of hydrogen-bond donors (Lipinski definition) is 0. The fraction of sp³-hybridized carbons (Fsp3) is 0.556. The average molecular weight is 179 g/mol. The van der Waals surface area contributed by atoms with Crippen LogP contribution in [0.2, 0.25) is 0 Å². The number of carbonyl (C=O) groups is 1. The van der Waals surface area contributed by atoms with Crippen LogP contribution in [-0.2, 0) is 11.3 Å². The summed E-state index contributed by atoms with van der Waals surface area (Å²) in [6.07, 6.45) is 4.39. The van der Waals surface area contributed by atoms with E-state index in [9.17, 15) is 4.79 Å². The van der Waals surface area contributed by atoms with Gasteiger partial charge in [0.25, 0.3) is 0 Å². The molecule has 1 amide bonds. The molecule has 4 heteroatoms. The highest BCUT2D eigenvalue weighted by Gasteiger charge is 2.16. The molecule has 0 spiro atoms. The Balaban J connectivity index is 2.34. The Labute approximate surface area is 77.1 Å². The lowest BCUT2D eigenvalue weighted by Gasteiger charge is -2.21. The summed E-state index contributed by atoms with van der Waals surface area (Å²) in [7, 11) is 1.81. The second-order valence-corrected chi connectivity index (χ2v) is 3.32. The van der Waals surface area contributed by atoms with Crippen molar-refractivity contribution < 1.29 is 4.79 Å². The lowest BCUT2D eigenvalue weighted by atomic mass is 10.2. The van der Waals surface area contributed by atoms with Gasteiger partial charge >= 0.3 is 0 Å². The molecule has 0 aromatic carbocycles. The summed E-state index contributed by atoms with van der Waals surface area (Å²) in [6.45, 7) is 0.917. The monoisotopic (exact) mass is 179 g/mol. The molecular formula is C9H13N3O. The van der Waals surface area contributed by atoms with E-state index < -0.39 is 0 Å². The molecule has 0 aliphatic carbocycles. The van der Waals surface area contributed by atoms with Gasteiger partial charge in [-0.05, 0) is 12.8 Å². The van der Waals surface area contributed by atoms with Crippen LogP contribution in [0.1, 0.15) is 19.3 Å². The van der Waals surface area contributed by atoms with Crippen molar-refractivity contribution in [3.63, 3.8) is 0 Å². The summed E-state index contributed by atoms with van der Waals surface area (Å²) in [6, 6.07) is 1.88. The van der Waals surface area contributed by atoms with Crippen LogP contribution in [0.3, 0.4) is 0 Å². The van der Waals surface area contributed by atoms with Gasteiger partial charge in [-0.3, -0.25) is 4.79 Å². The minimum Gasteiger partial charge on any atom is -0.300 e. The van der Waals surface area contributed by atoms with Gasteiger partial charge in [-0.2, -0.15) is 5.10 Å². The maximum Gasteiger partial charge on any atom is 0.227 e. The fourth-order valence-electron chi connectivity index (χ4n) is 1.62. The Morgan fingerprint density at radius 3 is 3.15 bits per heavy atom. The number of nitrogens with zero attached hydrogens (tertiary/aromatic N) is 3. The van der Waals surface area contributed by atoms with Crippen molar-refractivity contribution >= 4 is 11.7 Å². The van der Waals surface area contributed by atoms with Gasteiger partial charge in [-0.15, -0.1) is 0 Å². The molecule has 0 fully saturated rings. The standard InChI is InChI=1S/C9H13N3O/c1-11-8-5-6-10-12(8)7-3-2-4-9(11)13/h5-6H,2-4,7H2,1H3. The first-order valence-corrected chi connectivity index (χ1v) is 4.57. The van der Waals surface area contributed by atoms with Crippen LogP contribution in [0.5, 0.6) is 0 Å². The van der Waals surface area contributed by atoms with E-state index in [1.807, 2.05) is 10.7 Å². The third-order valence-corrected chi connectivity index (χ3v) is 2.42. The van der Waals surface area contributed by atoms with Gasteiger partial charge in [0.15, 0.2) is 0 Å². The van der Waals surface area contributed by atoms with Crippen LogP contribution in [0.15, 0.2) is 12.3 Å². The third kappa shape index (κ3) is 1.43. The molecule has 2 heterocycles. The Bertz CT molecular complexity index is 318. The lowest BCUT2D eigenvalue weighted by molar-refractivity contribution is -0.118. The summed E-state index contributed by atoms with van der Waals surface area (Å²) in [5.41, 5.74) is 0. The van der Waals surface area contributed by atoms with Crippen molar-refractivity contribution in [2.75, 3.05) is 11.9 Å². The molecule has 1 aromatic heterocycles. The average Bonchev–Trinajstić information content (AvgIpc) is 2.56. The first-order chi connectivity index (χ1) is 6.29. The van der Waals surface area contributed by atoms with E-state index in [-0.39, 0.29) is 5.91 Å². The lowest BCUT2D eigenvalue weighted by Crippen LogP contribution is -2.29. The summed E-state index contributed by atoms with van der Waals surface area (Å²) in [4.78, 5) is 13.2. The minimum atomic E-state index is 0.182. The maximum absolute atomic E-state index is 11.5. The van der Waals surface area contributed by atoms with Gasteiger partial charge in [0.1, 0.15) is 5.82 Å². The molecule has 0 atom stereocenters. The van der Waals surface area contributed by atoms with E-state index in [0.717, 1.165) is 25.2 Å². The van der Waals surface area contributed by atoms with Crippen molar-refractivity contribution in [1.82, 2.24) is 9.78 Å². The predicted octanol–water partition coefficient (Wildman–Crippen LogP) is 1.03.